The Morgan fingerprint density at radius 3 is 2.27 bits per heavy atom. The lowest BCUT2D eigenvalue weighted by Crippen LogP contribution is -2.46. The van der Waals surface area contributed by atoms with E-state index in [1.54, 1.807) is 29.9 Å². The first-order valence-corrected chi connectivity index (χ1v) is 13.0. The predicted octanol–water partition coefficient (Wildman–Crippen LogP) is 4.62. The van der Waals surface area contributed by atoms with E-state index in [4.69, 9.17) is 32.7 Å². The van der Waals surface area contributed by atoms with Crippen LogP contribution in [-0.2, 0) is 6.54 Å². The van der Waals surface area contributed by atoms with Crippen molar-refractivity contribution in [2.24, 2.45) is 0 Å². The third-order valence-electron chi connectivity index (χ3n) is 6.79. The van der Waals surface area contributed by atoms with Crippen molar-refractivity contribution in [2.75, 3.05) is 65.9 Å². The van der Waals surface area contributed by atoms with E-state index in [9.17, 15) is 4.79 Å². The minimum Gasteiger partial charge on any atom is -0.495 e. The molecular formula is C27H33Cl2N5O3. The number of methoxy groups -OCH3 is 2. The number of nitrogens with zero attached hydrogens (tertiary/aromatic N) is 4. The van der Waals surface area contributed by atoms with Gasteiger partial charge in [-0.15, -0.1) is 6.58 Å². The fourth-order valence-corrected chi connectivity index (χ4v) is 5.47. The molecular weight excluding hydrogens is 513 g/mol. The number of hydrogen-bond donors (Lipinski definition) is 1. The molecule has 3 aromatic rings. The maximum atomic E-state index is 14.0. The summed E-state index contributed by atoms with van der Waals surface area (Å²) in [6, 6.07) is 5.29. The molecule has 10 heteroatoms. The second kappa shape index (κ2) is 12.2. The molecule has 0 unspecified atom stereocenters. The molecule has 0 bridgehead atoms. The molecule has 3 heterocycles. The van der Waals surface area contributed by atoms with E-state index >= 15 is 0 Å². The number of pyridine rings is 2. The monoisotopic (exact) mass is 545 g/mol. The van der Waals surface area contributed by atoms with E-state index in [0.717, 1.165) is 56.6 Å². The summed E-state index contributed by atoms with van der Waals surface area (Å²) in [5.74, 6) is 1.44. The highest BCUT2D eigenvalue weighted by molar-refractivity contribution is 6.41. The summed E-state index contributed by atoms with van der Waals surface area (Å²) >= 11 is 13.4. The lowest BCUT2D eigenvalue weighted by atomic mass is 10.0. The third-order valence-corrected chi connectivity index (χ3v) is 7.54. The van der Waals surface area contributed by atoms with E-state index in [0.29, 0.717) is 35.0 Å². The van der Waals surface area contributed by atoms with Gasteiger partial charge in [0.05, 0.1) is 35.3 Å². The van der Waals surface area contributed by atoms with Crippen LogP contribution in [0.1, 0.15) is 6.42 Å². The van der Waals surface area contributed by atoms with E-state index in [-0.39, 0.29) is 15.6 Å². The Labute approximate surface area is 227 Å². The number of piperazine rings is 1. The first-order valence-electron chi connectivity index (χ1n) is 12.3. The molecule has 1 aliphatic heterocycles. The molecule has 0 aliphatic carbocycles. The number of aromatic nitrogens is 2. The van der Waals surface area contributed by atoms with Crippen LogP contribution in [0.25, 0.3) is 22.0 Å². The minimum atomic E-state index is -0.185. The summed E-state index contributed by atoms with van der Waals surface area (Å²) in [4.78, 5) is 23.3. The molecule has 1 aliphatic rings. The largest absolute Gasteiger partial charge is 0.495 e. The van der Waals surface area contributed by atoms with E-state index < -0.39 is 0 Å². The number of nitrogens with one attached hydrogen (secondary N) is 1. The zero-order valence-electron chi connectivity index (χ0n) is 21.5. The van der Waals surface area contributed by atoms with Crippen LogP contribution in [0.15, 0.2) is 41.8 Å². The maximum absolute atomic E-state index is 14.0. The second-order valence-corrected chi connectivity index (χ2v) is 9.72. The number of benzene rings is 1. The molecule has 4 rings (SSSR count). The summed E-state index contributed by atoms with van der Waals surface area (Å²) < 4.78 is 12.7. The van der Waals surface area contributed by atoms with Crippen LogP contribution in [0.2, 0.25) is 10.0 Å². The quantitative estimate of drug-likeness (QED) is 0.372. The zero-order valence-corrected chi connectivity index (χ0v) is 23.0. The van der Waals surface area contributed by atoms with Gasteiger partial charge < -0.3 is 24.3 Å². The predicted molar refractivity (Wildman–Crippen MR) is 152 cm³/mol. The van der Waals surface area contributed by atoms with Crippen molar-refractivity contribution < 1.29 is 9.47 Å². The summed E-state index contributed by atoms with van der Waals surface area (Å²) in [6.07, 6.45) is 4.52. The molecule has 1 N–H and O–H groups in total. The third kappa shape index (κ3) is 5.72. The molecule has 1 saturated heterocycles. The Hall–Kier alpha value is -2.78. The van der Waals surface area contributed by atoms with Gasteiger partial charge in [0.1, 0.15) is 17.3 Å². The molecule has 0 radical (unpaired) electrons. The van der Waals surface area contributed by atoms with Crippen molar-refractivity contribution in [1.29, 1.82) is 0 Å². The van der Waals surface area contributed by atoms with Gasteiger partial charge in [0.15, 0.2) is 0 Å². The van der Waals surface area contributed by atoms with Gasteiger partial charge in [-0.05, 0) is 19.0 Å². The van der Waals surface area contributed by atoms with Gasteiger partial charge in [-0.3, -0.25) is 9.69 Å². The van der Waals surface area contributed by atoms with Crippen LogP contribution in [0.5, 0.6) is 11.5 Å². The molecule has 2 aromatic heterocycles. The number of aryl methyl sites for hydroxylation is 1. The Morgan fingerprint density at radius 2 is 1.68 bits per heavy atom. The summed E-state index contributed by atoms with van der Waals surface area (Å²) in [5, 5.41) is 4.38. The summed E-state index contributed by atoms with van der Waals surface area (Å²) in [6.45, 7) is 10.3. The number of halogens is 2. The fraction of sp³-hybridized carbons (Fsp3) is 0.407. The Kier molecular flexibility index (Phi) is 8.97. The van der Waals surface area contributed by atoms with Crippen molar-refractivity contribution in [3.63, 3.8) is 0 Å². The van der Waals surface area contributed by atoms with Gasteiger partial charge in [-0.1, -0.05) is 29.3 Å². The standard InChI is InChI=1S/C27H33Cl2N5O3/c1-5-7-32-10-12-33(13-11-32)8-6-9-34-20-15-23(30-2)31-17-18(20)14-19(27(34)35)24-25(28)21(36-3)16-22(37-4)26(24)29/h5,14-17H,1,6-13H2,2-4H3,(H,30,31). The Balaban J connectivity index is 1.72. The molecule has 0 spiro atoms. The molecule has 1 fully saturated rings. The molecule has 0 atom stereocenters. The highest BCUT2D eigenvalue weighted by Gasteiger charge is 2.23. The van der Waals surface area contributed by atoms with Crippen molar-refractivity contribution in [2.45, 2.75) is 13.0 Å². The highest BCUT2D eigenvalue weighted by Crippen LogP contribution is 2.45. The molecule has 0 amide bonds. The van der Waals surface area contributed by atoms with Crippen LogP contribution in [0.4, 0.5) is 5.82 Å². The van der Waals surface area contributed by atoms with Crippen molar-refractivity contribution in [3.05, 3.63) is 57.4 Å². The SMILES string of the molecule is C=CCN1CCN(CCCn2c(=O)c(-c3c(Cl)c(OC)cc(OC)c3Cl)cc3cnc(NC)cc32)CC1. The summed E-state index contributed by atoms with van der Waals surface area (Å²) in [5.41, 5.74) is 1.37. The fourth-order valence-electron chi connectivity index (χ4n) is 4.76. The number of hydrogen-bond acceptors (Lipinski definition) is 7. The smallest absolute Gasteiger partial charge is 0.259 e. The van der Waals surface area contributed by atoms with E-state index in [2.05, 4.69) is 26.7 Å². The van der Waals surface area contributed by atoms with Gasteiger partial charge in [0, 0.05) is 75.6 Å². The zero-order chi connectivity index (χ0) is 26.5. The Bertz CT molecular complexity index is 1310. The molecule has 8 nitrogen and oxygen atoms in total. The topological polar surface area (TPSA) is 71.9 Å². The van der Waals surface area contributed by atoms with Gasteiger partial charge in [0.25, 0.3) is 5.56 Å². The Morgan fingerprint density at radius 1 is 1.03 bits per heavy atom. The molecule has 37 heavy (non-hydrogen) atoms. The number of ether oxygens (including phenoxy) is 2. The van der Waals surface area contributed by atoms with E-state index in [1.165, 1.54) is 14.2 Å². The summed E-state index contributed by atoms with van der Waals surface area (Å²) in [7, 11) is 4.83. The van der Waals surface area contributed by atoms with Gasteiger partial charge in [-0.25, -0.2) is 4.98 Å². The average molecular weight is 546 g/mol. The number of anilines is 1. The van der Waals surface area contributed by atoms with Crippen LogP contribution >= 0.6 is 23.2 Å². The first-order chi connectivity index (χ1) is 17.9. The van der Waals surface area contributed by atoms with Crippen molar-refractivity contribution in [1.82, 2.24) is 19.4 Å². The maximum Gasteiger partial charge on any atom is 0.259 e. The van der Waals surface area contributed by atoms with Gasteiger partial charge in [0.2, 0.25) is 0 Å². The molecule has 1 aromatic carbocycles. The highest BCUT2D eigenvalue weighted by atomic mass is 35.5. The number of rotatable bonds is 10. The lowest BCUT2D eigenvalue weighted by molar-refractivity contribution is 0.140. The lowest BCUT2D eigenvalue weighted by Gasteiger charge is -2.34. The van der Waals surface area contributed by atoms with Crippen molar-refractivity contribution in [3.8, 4) is 22.6 Å². The average Bonchev–Trinajstić information content (AvgIpc) is 2.91. The van der Waals surface area contributed by atoms with Crippen LogP contribution in [-0.4, -0.2) is 79.9 Å². The number of fused-ring (bicyclic) bond motifs is 1. The molecule has 198 valence electrons. The van der Waals surface area contributed by atoms with E-state index in [1.807, 2.05) is 12.1 Å². The normalized spacial score (nSPS) is 14.6. The van der Waals surface area contributed by atoms with Gasteiger partial charge >= 0.3 is 0 Å². The van der Waals surface area contributed by atoms with Gasteiger partial charge in [-0.2, -0.15) is 0 Å². The van der Waals surface area contributed by atoms with Crippen LogP contribution < -0.4 is 20.3 Å². The van der Waals surface area contributed by atoms with Crippen LogP contribution in [0.3, 0.4) is 0 Å². The first kappa shape index (κ1) is 27.3. The van der Waals surface area contributed by atoms with Crippen molar-refractivity contribution >= 4 is 39.9 Å². The second-order valence-electron chi connectivity index (χ2n) is 8.96. The minimum absolute atomic E-state index is 0.185. The molecule has 0 saturated carbocycles. The van der Waals surface area contributed by atoms with Crippen LogP contribution in [0, 0.1) is 0 Å².